The first kappa shape index (κ1) is 18.2. The lowest BCUT2D eigenvalue weighted by molar-refractivity contribution is -0.114. The molecule has 2 aromatic rings. The lowest BCUT2D eigenvalue weighted by Gasteiger charge is -2.14. The Balaban J connectivity index is 1.66. The summed E-state index contributed by atoms with van der Waals surface area (Å²) >= 11 is 0. The molecule has 2 aromatic carbocycles. The molecule has 0 bridgehead atoms. The Morgan fingerprint density at radius 3 is 2.25 bits per heavy atom. The van der Waals surface area contributed by atoms with E-state index in [-0.39, 0.29) is 5.91 Å². The Hall–Kier alpha value is -2.13. The predicted octanol–water partition coefficient (Wildman–Crippen LogP) is 4.11. The molecule has 1 amide bonds. The summed E-state index contributed by atoms with van der Waals surface area (Å²) in [6.07, 6.45) is 3.22. The minimum absolute atomic E-state index is 0.0329. The average molecular weight is 324 g/mol. The molecule has 0 aliphatic carbocycles. The third-order valence-electron chi connectivity index (χ3n) is 4.07. The molecule has 1 atom stereocenters. The lowest BCUT2D eigenvalue weighted by atomic mass is 10.1. The van der Waals surface area contributed by atoms with Crippen LogP contribution in [0, 0.1) is 6.92 Å². The first-order valence-corrected chi connectivity index (χ1v) is 8.68. The first-order chi connectivity index (χ1) is 11.5. The van der Waals surface area contributed by atoms with Crippen molar-refractivity contribution in [3.05, 3.63) is 65.2 Å². The summed E-state index contributed by atoms with van der Waals surface area (Å²) in [6, 6.07) is 17.3. The monoisotopic (exact) mass is 324 g/mol. The summed E-state index contributed by atoms with van der Waals surface area (Å²) in [5.74, 6) is -0.0329. The fourth-order valence-corrected chi connectivity index (χ4v) is 2.75. The maximum Gasteiger partial charge on any atom is 0.221 e. The number of hydrogen-bond donors (Lipinski definition) is 2. The molecule has 0 aliphatic heterocycles. The lowest BCUT2D eigenvalue weighted by Crippen LogP contribution is -2.29. The summed E-state index contributed by atoms with van der Waals surface area (Å²) in [6.45, 7) is 6.90. The van der Waals surface area contributed by atoms with E-state index in [1.807, 2.05) is 12.1 Å². The fraction of sp³-hybridized carbons (Fsp3) is 0.381. The zero-order valence-corrected chi connectivity index (χ0v) is 14.9. The third-order valence-corrected chi connectivity index (χ3v) is 4.07. The van der Waals surface area contributed by atoms with Crippen LogP contribution in [0.1, 0.15) is 37.0 Å². The molecule has 1 unspecified atom stereocenters. The van der Waals surface area contributed by atoms with Crippen molar-refractivity contribution in [3.8, 4) is 0 Å². The van der Waals surface area contributed by atoms with E-state index in [0.29, 0.717) is 6.04 Å². The third kappa shape index (κ3) is 6.55. The van der Waals surface area contributed by atoms with E-state index in [0.717, 1.165) is 31.5 Å². The molecular formula is C21H28N2O. The molecule has 128 valence electrons. The van der Waals surface area contributed by atoms with E-state index in [1.54, 1.807) is 0 Å². The van der Waals surface area contributed by atoms with Gasteiger partial charge in [0.2, 0.25) is 5.91 Å². The van der Waals surface area contributed by atoms with Gasteiger partial charge >= 0.3 is 0 Å². The van der Waals surface area contributed by atoms with Gasteiger partial charge in [0.05, 0.1) is 0 Å². The van der Waals surface area contributed by atoms with E-state index >= 15 is 0 Å². The van der Waals surface area contributed by atoms with Crippen LogP contribution in [0.3, 0.4) is 0 Å². The normalized spacial score (nSPS) is 12.0. The molecule has 0 spiro atoms. The van der Waals surface area contributed by atoms with E-state index in [2.05, 4.69) is 60.9 Å². The zero-order chi connectivity index (χ0) is 17.4. The van der Waals surface area contributed by atoms with Crippen LogP contribution >= 0.6 is 0 Å². The Bertz CT molecular complexity index is 632. The molecule has 2 N–H and O–H groups in total. The van der Waals surface area contributed by atoms with Crippen molar-refractivity contribution in [3.63, 3.8) is 0 Å². The van der Waals surface area contributed by atoms with Gasteiger partial charge in [-0.25, -0.2) is 0 Å². The predicted molar refractivity (Wildman–Crippen MR) is 101 cm³/mol. The SMILES string of the molecule is CC(=O)Nc1ccc(CCCNC(C)Cc2ccc(C)cc2)cc1. The fourth-order valence-electron chi connectivity index (χ4n) is 2.75. The largest absolute Gasteiger partial charge is 0.326 e. The van der Waals surface area contributed by atoms with Crippen molar-refractivity contribution >= 4 is 11.6 Å². The van der Waals surface area contributed by atoms with Crippen molar-refractivity contribution in [2.75, 3.05) is 11.9 Å². The molecule has 0 fully saturated rings. The summed E-state index contributed by atoms with van der Waals surface area (Å²) in [5.41, 5.74) is 4.85. The topological polar surface area (TPSA) is 41.1 Å². The van der Waals surface area contributed by atoms with Crippen LogP contribution in [-0.2, 0) is 17.6 Å². The first-order valence-electron chi connectivity index (χ1n) is 8.68. The molecule has 3 nitrogen and oxygen atoms in total. The second-order valence-corrected chi connectivity index (χ2v) is 6.53. The van der Waals surface area contributed by atoms with Gasteiger partial charge in [-0.2, -0.15) is 0 Å². The Morgan fingerprint density at radius 2 is 1.62 bits per heavy atom. The van der Waals surface area contributed by atoms with Crippen molar-refractivity contribution in [1.82, 2.24) is 5.32 Å². The van der Waals surface area contributed by atoms with Crippen LogP contribution in [0.4, 0.5) is 5.69 Å². The van der Waals surface area contributed by atoms with Gasteiger partial charge in [-0.05, 0) is 62.9 Å². The highest BCUT2D eigenvalue weighted by molar-refractivity contribution is 5.88. The van der Waals surface area contributed by atoms with E-state index in [4.69, 9.17) is 0 Å². The molecule has 0 aliphatic rings. The highest BCUT2D eigenvalue weighted by atomic mass is 16.1. The minimum atomic E-state index is -0.0329. The second-order valence-electron chi connectivity index (χ2n) is 6.53. The molecule has 24 heavy (non-hydrogen) atoms. The highest BCUT2D eigenvalue weighted by Gasteiger charge is 2.03. The average Bonchev–Trinajstić information content (AvgIpc) is 2.55. The minimum Gasteiger partial charge on any atom is -0.326 e. The quantitative estimate of drug-likeness (QED) is 0.718. The van der Waals surface area contributed by atoms with Gasteiger partial charge in [0, 0.05) is 18.7 Å². The Labute approximate surface area is 145 Å². The standard InChI is InChI=1S/C21H28N2O/c1-16-6-8-20(9-7-16)15-17(2)22-14-4-5-19-10-12-21(13-11-19)23-18(3)24/h6-13,17,22H,4-5,14-15H2,1-3H3,(H,23,24). The van der Waals surface area contributed by atoms with Gasteiger partial charge < -0.3 is 10.6 Å². The maximum atomic E-state index is 11.0. The summed E-state index contributed by atoms with van der Waals surface area (Å²) in [4.78, 5) is 11.0. The van der Waals surface area contributed by atoms with Crippen LogP contribution in [0.2, 0.25) is 0 Å². The van der Waals surface area contributed by atoms with Crippen molar-refractivity contribution in [2.45, 2.75) is 46.1 Å². The molecule has 0 saturated heterocycles. The summed E-state index contributed by atoms with van der Waals surface area (Å²) in [7, 11) is 0. The van der Waals surface area contributed by atoms with Crippen LogP contribution < -0.4 is 10.6 Å². The Kier molecular flexibility index (Phi) is 7.01. The molecule has 0 heterocycles. The van der Waals surface area contributed by atoms with Crippen molar-refractivity contribution < 1.29 is 4.79 Å². The number of carbonyl (C=O) groups is 1. The number of benzene rings is 2. The Morgan fingerprint density at radius 1 is 1.00 bits per heavy atom. The van der Waals surface area contributed by atoms with Gasteiger partial charge in [0.1, 0.15) is 0 Å². The zero-order valence-electron chi connectivity index (χ0n) is 14.9. The number of hydrogen-bond acceptors (Lipinski definition) is 2. The number of aryl methyl sites for hydroxylation is 2. The van der Waals surface area contributed by atoms with Gasteiger partial charge in [0.25, 0.3) is 0 Å². The molecule has 0 radical (unpaired) electrons. The van der Waals surface area contributed by atoms with Gasteiger partial charge in [-0.15, -0.1) is 0 Å². The van der Waals surface area contributed by atoms with Crippen molar-refractivity contribution in [1.29, 1.82) is 0 Å². The highest BCUT2D eigenvalue weighted by Crippen LogP contribution is 2.11. The van der Waals surface area contributed by atoms with Crippen LogP contribution in [0.5, 0.6) is 0 Å². The van der Waals surface area contributed by atoms with Crippen LogP contribution in [0.25, 0.3) is 0 Å². The van der Waals surface area contributed by atoms with Gasteiger partial charge in [0.15, 0.2) is 0 Å². The van der Waals surface area contributed by atoms with E-state index in [9.17, 15) is 4.79 Å². The van der Waals surface area contributed by atoms with Gasteiger partial charge in [-0.1, -0.05) is 42.0 Å². The number of nitrogens with one attached hydrogen (secondary N) is 2. The second kappa shape index (κ2) is 9.24. The number of carbonyl (C=O) groups excluding carboxylic acids is 1. The molecule has 0 aromatic heterocycles. The van der Waals surface area contributed by atoms with E-state index in [1.165, 1.54) is 23.6 Å². The smallest absolute Gasteiger partial charge is 0.221 e. The van der Waals surface area contributed by atoms with Gasteiger partial charge in [-0.3, -0.25) is 4.79 Å². The van der Waals surface area contributed by atoms with Crippen LogP contribution in [-0.4, -0.2) is 18.5 Å². The van der Waals surface area contributed by atoms with Crippen molar-refractivity contribution in [2.24, 2.45) is 0 Å². The summed E-state index contributed by atoms with van der Waals surface area (Å²) < 4.78 is 0. The number of amides is 1. The molecule has 2 rings (SSSR count). The maximum absolute atomic E-state index is 11.0. The number of rotatable bonds is 8. The number of anilines is 1. The molecule has 0 saturated carbocycles. The van der Waals surface area contributed by atoms with E-state index < -0.39 is 0 Å². The summed E-state index contributed by atoms with van der Waals surface area (Å²) in [5, 5.41) is 6.39. The molecule has 3 heteroatoms. The molecular weight excluding hydrogens is 296 g/mol. The van der Waals surface area contributed by atoms with Crippen LogP contribution in [0.15, 0.2) is 48.5 Å².